The smallest absolute Gasteiger partial charge is 0.265 e. The largest absolute Gasteiger partial charge is 0.391 e. The van der Waals surface area contributed by atoms with E-state index in [0.717, 1.165) is 5.56 Å². The molecule has 2 aromatic heterocycles. The predicted octanol–water partition coefficient (Wildman–Crippen LogP) is 2.38. The Bertz CT molecular complexity index is 888. The zero-order valence-corrected chi connectivity index (χ0v) is 11.9. The van der Waals surface area contributed by atoms with Gasteiger partial charge in [0.2, 0.25) is 0 Å². The van der Waals surface area contributed by atoms with E-state index in [2.05, 4.69) is 10.3 Å². The number of rotatable bonds is 3. The third-order valence-electron chi connectivity index (χ3n) is 3.34. The van der Waals surface area contributed by atoms with Crippen LogP contribution in [0.4, 0.5) is 15.9 Å². The molecule has 0 spiro atoms. The average molecular weight is 299 g/mol. The van der Waals surface area contributed by atoms with Gasteiger partial charge in [-0.15, -0.1) is 0 Å². The Labute approximate surface area is 125 Å². The number of halogens is 1. The second-order valence-corrected chi connectivity index (χ2v) is 4.97. The Morgan fingerprint density at radius 2 is 2.00 bits per heavy atom. The molecule has 6 heteroatoms. The Kier molecular flexibility index (Phi) is 3.60. The molecule has 2 N–H and O–H groups in total. The molecular formula is C16H14FN3O2. The van der Waals surface area contributed by atoms with Crippen molar-refractivity contribution >= 4 is 17.2 Å². The number of hydrogen-bond donors (Lipinski definition) is 2. The fraction of sp³-hybridized carbons (Fsp3) is 0.125. The van der Waals surface area contributed by atoms with Gasteiger partial charge in [-0.2, -0.15) is 0 Å². The van der Waals surface area contributed by atoms with Gasteiger partial charge in [-0.3, -0.25) is 9.20 Å². The van der Waals surface area contributed by atoms with Crippen LogP contribution in [0.5, 0.6) is 0 Å². The first kappa shape index (κ1) is 14.2. The van der Waals surface area contributed by atoms with Gasteiger partial charge in [0, 0.05) is 11.9 Å². The summed E-state index contributed by atoms with van der Waals surface area (Å²) in [5.74, 6) is -0.0835. The summed E-state index contributed by atoms with van der Waals surface area (Å²) in [7, 11) is 0. The van der Waals surface area contributed by atoms with E-state index < -0.39 is 6.61 Å². The minimum absolute atomic E-state index is 0.158. The summed E-state index contributed by atoms with van der Waals surface area (Å²) in [5.41, 5.74) is 1.85. The molecule has 0 unspecified atom stereocenters. The van der Waals surface area contributed by atoms with Crippen LogP contribution in [-0.2, 0) is 6.61 Å². The molecule has 0 atom stereocenters. The lowest BCUT2D eigenvalue weighted by molar-refractivity contribution is 0.280. The summed E-state index contributed by atoms with van der Waals surface area (Å²) in [6, 6.07) is 9.26. The summed E-state index contributed by atoms with van der Waals surface area (Å²) >= 11 is 0. The van der Waals surface area contributed by atoms with Crippen LogP contribution in [0, 0.1) is 12.7 Å². The van der Waals surface area contributed by atoms with E-state index in [1.54, 1.807) is 18.3 Å². The third-order valence-corrected chi connectivity index (χ3v) is 3.34. The maximum atomic E-state index is 13.0. The fourth-order valence-electron chi connectivity index (χ4n) is 2.19. The van der Waals surface area contributed by atoms with Crippen LogP contribution in [0.15, 0.2) is 47.4 Å². The van der Waals surface area contributed by atoms with Crippen molar-refractivity contribution in [3.63, 3.8) is 0 Å². The monoisotopic (exact) mass is 299 g/mol. The van der Waals surface area contributed by atoms with Crippen molar-refractivity contribution in [3.8, 4) is 0 Å². The number of pyridine rings is 1. The third kappa shape index (κ3) is 2.56. The number of fused-ring (bicyclic) bond motifs is 1. The van der Waals surface area contributed by atoms with Crippen LogP contribution in [0.1, 0.15) is 11.1 Å². The number of anilines is 2. The second-order valence-electron chi connectivity index (χ2n) is 4.97. The first-order valence-corrected chi connectivity index (χ1v) is 6.74. The molecule has 0 aliphatic heterocycles. The Morgan fingerprint density at radius 1 is 1.27 bits per heavy atom. The van der Waals surface area contributed by atoms with E-state index in [9.17, 15) is 14.3 Å². The second kappa shape index (κ2) is 5.57. The van der Waals surface area contributed by atoms with Crippen LogP contribution in [0.25, 0.3) is 5.65 Å². The molecule has 0 radical (unpaired) electrons. The highest BCUT2D eigenvalue weighted by molar-refractivity contribution is 5.61. The minimum Gasteiger partial charge on any atom is -0.391 e. The van der Waals surface area contributed by atoms with Crippen molar-refractivity contribution in [2.24, 2.45) is 0 Å². The first-order chi connectivity index (χ1) is 10.6. The summed E-state index contributed by atoms with van der Waals surface area (Å²) in [4.78, 5) is 16.8. The number of aryl methyl sites for hydroxylation is 1. The fourth-order valence-corrected chi connectivity index (χ4v) is 2.19. The predicted molar refractivity (Wildman–Crippen MR) is 81.8 cm³/mol. The van der Waals surface area contributed by atoms with Crippen LogP contribution < -0.4 is 10.9 Å². The molecule has 3 rings (SSSR count). The number of nitrogens with zero attached hydrogens (tertiary/aromatic N) is 2. The maximum absolute atomic E-state index is 13.0. The van der Waals surface area contributed by atoms with Gasteiger partial charge in [-0.05, 0) is 48.9 Å². The topological polar surface area (TPSA) is 66.6 Å². The molecule has 22 heavy (non-hydrogen) atoms. The Morgan fingerprint density at radius 3 is 2.68 bits per heavy atom. The van der Waals surface area contributed by atoms with Gasteiger partial charge in [0.05, 0.1) is 12.2 Å². The highest BCUT2D eigenvalue weighted by Crippen LogP contribution is 2.18. The molecule has 0 bridgehead atoms. The molecule has 3 aromatic rings. The molecule has 0 aliphatic rings. The van der Waals surface area contributed by atoms with Crippen molar-refractivity contribution in [3.05, 3.63) is 69.9 Å². The van der Waals surface area contributed by atoms with Gasteiger partial charge >= 0.3 is 0 Å². The Hall–Kier alpha value is -2.73. The summed E-state index contributed by atoms with van der Waals surface area (Å²) in [6.07, 6.45) is 1.63. The van der Waals surface area contributed by atoms with E-state index in [0.29, 0.717) is 11.3 Å². The number of aliphatic hydroxyl groups excluding tert-OH is 1. The molecule has 2 heterocycles. The van der Waals surface area contributed by atoms with Gasteiger partial charge in [-0.25, -0.2) is 9.37 Å². The van der Waals surface area contributed by atoms with E-state index in [1.165, 1.54) is 28.7 Å². The van der Waals surface area contributed by atoms with Crippen LogP contribution in [0.2, 0.25) is 0 Å². The number of nitrogens with one attached hydrogen (secondary N) is 1. The molecule has 0 saturated carbocycles. The SMILES string of the molecule is Cc1ccn2c(=O)c(CO)c(Nc3ccc(F)cc3)nc2c1. The zero-order valence-electron chi connectivity index (χ0n) is 11.9. The van der Waals surface area contributed by atoms with Crippen molar-refractivity contribution in [1.82, 2.24) is 9.38 Å². The highest BCUT2D eigenvalue weighted by atomic mass is 19.1. The van der Waals surface area contributed by atoms with Crippen molar-refractivity contribution in [2.75, 3.05) is 5.32 Å². The zero-order chi connectivity index (χ0) is 15.7. The van der Waals surface area contributed by atoms with Crippen molar-refractivity contribution in [2.45, 2.75) is 13.5 Å². The number of aromatic nitrogens is 2. The molecule has 0 amide bonds. The lowest BCUT2D eigenvalue weighted by Crippen LogP contribution is -2.21. The maximum Gasteiger partial charge on any atom is 0.265 e. The van der Waals surface area contributed by atoms with Crippen molar-refractivity contribution in [1.29, 1.82) is 0 Å². The lowest BCUT2D eigenvalue weighted by Gasteiger charge is -2.11. The normalized spacial score (nSPS) is 10.9. The van der Waals surface area contributed by atoms with Gasteiger partial charge in [0.1, 0.15) is 17.3 Å². The van der Waals surface area contributed by atoms with E-state index >= 15 is 0 Å². The molecule has 0 saturated heterocycles. The molecular weight excluding hydrogens is 285 g/mol. The van der Waals surface area contributed by atoms with E-state index in [1.807, 2.05) is 6.92 Å². The van der Waals surface area contributed by atoms with Crippen LogP contribution >= 0.6 is 0 Å². The summed E-state index contributed by atoms with van der Waals surface area (Å²) in [5, 5.41) is 12.4. The quantitative estimate of drug-likeness (QED) is 0.779. The van der Waals surface area contributed by atoms with E-state index in [-0.39, 0.29) is 22.8 Å². The standard InChI is InChI=1S/C16H14FN3O2/c1-10-6-7-20-14(8-10)19-15(13(9-21)16(20)22)18-12-4-2-11(17)3-5-12/h2-8,18,21H,9H2,1H3. The molecule has 5 nitrogen and oxygen atoms in total. The first-order valence-electron chi connectivity index (χ1n) is 6.74. The highest BCUT2D eigenvalue weighted by Gasteiger charge is 2.12. The van der Waals surface area contributed by atoms with Crippen LogP contribution in [-0.4, -0.2) is 14.5 Å². The molecule has 1 aromatic carbocycles. The Balaban J connectivity index is 2.15. The number of aliphatic hydroxyl groups is 1. The lowest BCUT2D eigenvalue weighted by atomic mass is 10.2. The molecule has 0 fully saturated rings. The van der Waals surface area contributed by atoms with Crippen molar-refractivity contribution < 1.29 is 9.50 Å². The van der Waals surface area contributed by atoms with Gasteiger partial charge in [0.25, 0.3) is 5.56 Å². The number of hydrogen-bond acceptors (Lipinski definition) is 4. The summed E-state index contributed by atoms with van der Waals surface area (Å²) < 4.78 is 14.3. The van der Waals surface area contributed by atoms with Crippen LogP contribution in [0.3, 0.4) is 0 Å². The molecule has 112 valence electrons. The van der Waals surface area contributed by atoms with E-state index in [4.69, 9.17) is 0 Å². The van der Waals surface area contributed by atoms with Gasteiger partial charge in [-0.1, -0.05) is 0 Å². The van der Waals surface area contributed by atoms with Gasteiger partial charge in [0.15, 0.2) is 0 Å². The average Bonchev–Trinajstić information content (AvgIpc) is 2.49. The van der Waals surface area contributed by atoms with Gasteiger partial charge < -0.3 is 10.4 Å². The number of benzene rings is 1. The summed E-state index contributed by atoms with van der Waals surface area (Å²) in [6.45, 7) is 1.46. The molecule has 0 aliphatic carbocycles. The minimum atomic E-state index is -0.438.